The largest absolute Gasteiger partial charge is 0.460 e. The van der Waals surface area contributed by atoms with Crippen LogP contribution in [0.25, 0.3) is 10.8 Å². The number of ether oxygens (including phenoxy) is 3. The van der Waals surface area contributed by atoms with Crippen LogP contribution in [-0.4, -0.2) is 53.4 Å². The maximum atomic E-state index is 9.93. The molecule has 290 valence electrons. The average Bonchev–Trinajstić information content (AvgIpc) is 3.19. The quantitative estimate of drug-likeness (QED) is 0.0629. The summed E-state index contributed by atoms with van der Waals surface area (Å²) in [6.45, 7) is 11.4. The number of fused-ring (bicyclic) bond motifs is 3. The van der Waals surface area contributed by atoms with Crippen molar-refractivity contribution in [3.63, 3.8) is 0 Å². The van der Waals surface area contributed by atoms with E-state index in [-0.39, 0.29) is 42.1 Å². The van der Waals surface area contributed by atoms with E-state index in [2.05, 4.69) is 93.2 Å². The van der Waals surface area contributed by atoms with E-state index in [1.165, 1.54) is 21.9 Å². The van der Waals surface area contributed by atoms with Gasteiger partial charge in [-0.2, -0.15) is 0 Å². The van der Waals surface area contributed by atoms with E-state index in [0.717, 1.165) is 77.5 Å². The minimum atomic E-state index is -1.05. The van der Waals surface area contributed by atoms with Gasteiger partial charge in [0.1, 0.15) is 23.9 Å². The Kier molecular flexibility index (Phi) is 12.7. The number of nitrogens with zero attached hydrogens (tertiary/aromatic N) is 1. The van der Waals surface area contributed by atoms with Gasteiger partial charge in [-0.05, 0) is 128 Å². The summed E-state index contributed by atoms with van der Waals surface area (Å²) in [6, 6.07) is 27.5. The smallest absolute Gasteiger partial charge is 0.231 e. The Morgan fingerprint density at radius 1 is 0.891 bits per heavy atom. The van der Waals surface area contributed by atoms with Gasteiger partial charge in [-0.3, -0.25) is 0 Å². The van der Waals surface area contributed by atoms with Crippen LogP contribution < -0.4 is 9.47 Å². The summed E-state index contributed by atoms with van der Waals surface area (Å²) in [6.07, 6.45) is 10.00. The molecule has 4 aromatic carbocycles. The van der Waals surface area contributed by atoms with E-state index < -0.39 is 5.79 Å². The molecule has 3 aliphatic rings. The highest BCUT2D eigenvalue weighted by atomic mass is 32.2. The molecule has 55 heavy (non-hydrogen) atoms. The lowest BCUT2D eigenvalue weighted by Gasteiger charge is -2.58. The molecular formula is C47H55NO6S. The lowest BCUT2D eigenvalue weighted by atomic mass is 9.56. The first-order valence-corrected chi connectivity index (χ1v) is 20.9. The SMILES string of the molecule is C=CCO[C@@]12Oc3ccc(Oc4ccc(C)c(C)c4)cc3[C@H]3[C@H](CCCCO)[C@@H](CCCCO)C=C(C(=NOCC)C[C@@H]1Sc1ccc4ccccc4c1)[C@H]32. The van der Waals surface area contributed by atoms with Crippen LogP contribution in [0.4, 0.5) is 0 Å². The van der Waals surface area contributed by atoms with E-state index in [9.17, 15) is 10.2 Å². The van der Waals surface area contributed by atoms with Crippen LogP contribution in [0, 0.1) is 31.6 Å². The molecule has 1 aliphatic heterocycles. The minimum absolute atomic E-state index is 0.0125. The molecule has 6 atom stereocenters. The van der Waals surface area contributed by atoms with Crippen molar-refractivity contribution in [2.24, 2.45) is 22.9 Å². The Morgan fingerprint density at radius 2 is 1.65 bits per heavy atom. The number of oxime groups is 1. The standard InChI is InChI=1S/C47H55NO6S/c1-5-25-51-47-44(55-38-21-18-33-13-7-8-14-34(33)27-38)30-42(48-52-6-2)40-28-35(15-9-11-23-49)39(16-10-12-24-50)45(46(40)47)41-29-37(20-22-43(41)54-47)53-36-19-17-31(3)32(4)26-36/h5,7-8,13-14,17-22,26-29,35,39,44-46,49-50H,1,6,9-12,15-16,23-25,30H2,2-4H3/t35-,39+,44-,45+,46+,47+/m0/s1. The molecule has 7 nitrogen and oxygen atoms in total. The number of allylic oxidation sites excluding steroid dienone is 1. The van der Waals surface area contributed by atoms with E-state index in [4.69, 9.17) is 24.2 Å². The number of unbranched alkanes of at least 4 members (excludes halogenated alkanes) is 2. The van der Waals surface area contributed by atoms with Crippen molar-refractivity contribution in [3.05, 3.63) is 120 Å². The van der Waals surface area contributed by atoms with Crippen LogP contribution in [0.5, 0.6) is 17.2 Å². The molecule has 0 unspecified atom stereocenters. The molecule has 0 aromatic heterocycles. The van der Waals surface area contributed by atoms with Crippen LogP contribution >= 0.6 is 11.8 Å². The van der Waals surface area contributed by atoms with E-state index >= 15 is 0 Å². The van der Waals surface area contributed by atoms with Crippen LogP contribution in [0.1, 0.15) is 74.5 Å². The van der Waals surface area contributed by atoms with Gasteiger partial charge in [-0.25, -0.2) is 0 Å². The third kappa shape index (κ3) is 8.24. The summed E-state index contributed by atoms with van der Waals surface area (Å²) in [5.41, 5.74) is 5.56. The van der Waals surface area contributed by atoms with Crippen molar-refractivity contribution >= 4 is 28.2 Å². The number of aliphatic hydroxyl groups excluding tert-OH is 2. The summed E-state index contributed by atoms with van der Waals surface area (Å²) in [5, 5.41) is 26.8. The van der Waals surface area contributed by atoms with Gasteiger partial charge in [0.2, 0.25) is 5.79 Å². The van der Waals surface area contributed by atoms with Crippen molar-refractivity contribution in [2.45, 2.75) is 87.6 Å². The number of hydrogen-bond acceptors (Lipinski definition) is 8. The zero-order chi connectivity index (χ0) is 38.4. The van der Waals surface area contributed by atoms with Gasteiger partial charge in [0.15, 0.2) is 0 Å². The van der Waals surface area contributed by atoms with Crippen molar-refractivity contribution in [1.82, 2.24) is 0 Å². The Morgan fingerprint density at radius 3 is 2.42 bits per heavy atom. The van der Waals surface area contributed by atoms with Gasteiger partial charge in [-0.15, -0.1) is 18.3 Å². The fraction of sp³-hybridized carbons (Fsp3) is 0.426. The number of hydrogen-bond donors (Lipinski definition) is 2. The maximum absolute atomic E-state index is 9.93. The van der Waals surface area contributed by atoms with Crippen molar-refractivity contribution in [1.29, 1.82) is 0 Å². The van der Waals surface area contributed by atoms with Gasteiger partial charge in [0, 0.05) is 36.0 Å². The lowest BCUT2D eigenvalue weighted by Crippen LogP contribution is -2.64. The minimum Gasteiger partial charge on any atom is -0.460 e. The first-order valence-electron chi connectivity index (χ1n) is 20.0. The number of thioether (sulfide) groups is 1. The monoisotopic (exact) mass is 761 g/mol. The topological polar surface area (TPSA) is 89.7 Å². The third-order valence-electron chi connectivity index (χ3n) is 11.6. The fourth-order valence-electron chi connectivity index (χ4n) is 8.95. The molecule has 4 aromatic rings. The molecule has 0 radical (unpaired) electrons. The molecule has 8 heteroatoms. The average molecular weight is 762 g/mol. The predicted octanol–water partition coefficient (Wildman–Crippen LogP) is 10.7. The summed E-state index contributed by atoms with van der Waals surface area (Å²) < 4.78 is 21.0. The number of benzene rings is 4. The van der Waals surface area contributed by atoms with Crippen LogP contribution in [0.15, 0.2) is 113 Å². The maximum Gasteiger partial charge on any atom is 0.231 e. The summed E-state index contributed by atoms with van der Waals surface area (Å²) in [7, 11) is 0. The van der Waals surface area contributed by atoms with Crippen molar-refractivity contribution in [3.8, 4) is 17.2 Å². The van der Waals surface area contributed by atoms with Gasteiger partial charge in [0.05, 0.1) is 23.5 Å². The van der Waals surface area contributed by atoms with Crippen LogP contribution in [0.3, 0.4) is 0 Å². The second-order valence-electron chi connectivity index (χ2n) is 15.1. The Labute approximate surface area is 330 Å². The Balaban J connectivity index is 1.41. The molecule has 0 spiro atoms. The van der Waals surface area contributed by atoms with Gasteiger partial charge < -0.3 is 29.3 Å². The molecule has 1 saturated carbocycles. The summed E-state index contributed by atoms with van der Waals surface area (Å²) in [4.78, 5) is 7.02. The first-order chi connectivity index (χ1) is 26.9. The highest BCUT2D eigenvalue weighted by Crippen LogP contribution is 2.63. The number of rotatable bonds is 17. The van der Waals surface area contributed by atoms with E-state index in [1.54, 1.807) is 11.8 Å². The molecule has 1 heterocycles. The van der Waals surface area contributed by atoms with Crippen LogP contribution in [-0.2, 0) is 9.57 Å². The number of aryl methyl sites for hydroxylation is 2. The molecule has 0 amide bonds. The van der Waals surface area contributed by atoms with Crippen LogP contribution in [0.2, 0.25) is 0 Å². The number of aliphatic hydroxyl groups is 2. The molecule has 0 bridgehead atoms. The van der Waals surface area contributed by atoms with Crippen molar-refractivity contribution in [2.75, 3.05) is 26.4 Å². The summed E-state index contributed by atoms with van der Waals surface area (Å²) in [5.74, 6) is 1.50. The highest BCUT2D eigenvalue weighted by molar-refractivity contribution is 8.00. The molecule has 1 fully saturated rings. The van der Waals surface area contributed by atoms with Gasteiger partial charge >= 0.3 is 0 Å². The second kappa shape index (κ2) is 17.8. The van der Waals surface area contributed by atoms with Crippen molar-refractivity contribution < 1.29 is 29.3 Å². The highest BCUT2D eigenvalue weighted by Gasteiger charge is 2.64. The zero-order valence-corrected chi connectivity index (χ0v) is 33.2. The third-order valence-corrected chi connectivity index (χ3v) is 12.9. The van der Waals surface area contributed by atoms with Gasteiger partial charge in [-0.1, -0.05) is 66.5 Å². The molecular weight excluding hydrogens is 707 g/mol. The Bertz CT molecular complexity index is 2030. The zero-order valence-electron chi connectivity index (χ0n) is 32.4. The first kappa shape index (κ1) is 39.2. The van der Waals surface area contributed by atoms with E-state index in [1.807, 2.05) is 25.1 Å². The predicted molar refractivity (Wildman–Crippen MR) is 222 cm³/mol. The molecule has 0 saturated heterocycles. The lowest BCUT2D eigenvalue weighted by molar-refractivity contribution is -0.223. The molecule has 2 aliphatic carbocycles. The summed E-state index contributed by atoms with van der Waals surface area (Å²) >= 11 is 1.78. The normalized spacial score (nSPS) is 24.8. The van der Waals surface area contributed by atoms with E-state index in [0.29, 0.717) is 19.6 Å². The second-order valence-corrected chi connectivity index (χ2v) is 16.4. The molecule has 7 rings (SSSR count). The fourth-order valence-corrected chi connectivity index (χ4v) is 10.3. The molecule has 2 N–H and O–H groups in total. The van der Waals surface area contributed by atoms with Gasteiger partial charge in [0.25, 0.3) is 0 Å². The Hall–Kier alpha value is -4.08.